The average molecular weight is 481 g/mol. The number of hydrogen-bond acceptors (Lipinski definition) is 4. The fraction of sp³-hybridized carbons (Fsp3) is 0.154. The molecule has 1 aromatic heterocycles. The minimum atomic E-state index is -4.41. The number of benzene rings is 3. The molecule has 0 aliphatic carbocycles. The van der Waals surface area contributed by atoms with Crippen LogP contribution in [0.2, 0.25) is 0 Å². The van der Waals surface area contributed by atoms with Crippen LogP contribution in [0, 0.1) is 0 Å². The number of alkyl halides is 3. The molecule has 0 saturated carbocycles. The molecule has 0 spiro atoms. The van der Waals surface area contributed by atoms with E-state index in [0.717, 1.165) is 12.1 Å². The number of para-hydroxylation sites is 1. The Morgan fingerprint density at radius 2 is 1.66 bits per heavy atom. The van der Waals surface area contributed by atoms with Crippen molar-refractivity contribution in [3.8, 4) is 5.75 Å². The third-order valence-corrected chi connectivity index (χ3v) is 5.74. The molecule has 1 heterocycles. The number of nitrogens with zero attached hydrogens (tertiary/aromatic N) is 1. The van der Waals surface area contributed by atoms with Gasteiger partial charge in [0.25, 0.3) is 11.5 Å². The molecular weight excluding hydrogens is 459 g/mol. The van der Waals surface area contributed by atoms with Crippen LogP contribution in [0.4, 0.5) is 24.5 Å². The summed E-state index contributed by atoms with van der Waals surface area (Å²) >= 11 is 0. The van der Waals surface area contributed by atoms with Gasteiger partial charge in [-0.15, -0.1) is 0 Å². The number of fused-ring (bicyclic) bond motifs is 1. The molecule has 1 atom stereocenters. The standard InChI is InChI=1S/C26H22F3N3O3/c1-15(30-24(34)22-20-8-3-4-9-21(20)32(2)25(35)23(22)33)16-6-5-7-19(14-16)31-18-12-10-17(11-13-18)26(27,28)29/h3-15,31,33H,1-2H3,(H,30,34)/t15-/m1/s1. The van der Waals surface area contributed by atoms with Crippen molar-refractivity contribution in [2.24, 2.45) is 7.05 Å². The van der Waals surface area contributed by atoms with Crippen LogP contribution in [-0.2, 0) is 13.2 Å². The molecule has 3 aromatic carbocycles. The molecular formula is C26H22F3N3O3. The van der Waals surface area contributed by atoms with Gasteiger partial charge >= 0.3 is 6.18 Å². The summed E-state index contributed by atoms with van der Waals surface area (Å²) in [5, 5.41) is 16.7. The topological polar surface area (TPSA) is 83.4 Å². The van der Waals surface area contributed by atoms with Crippen LogP contribution in [0.25, 0.3) is 10.9 Å². The first-order valence-corrected chi connectivity index (χ1v) is 10.7. The first kappa shape index (κ1) is 23.9. The van der Waals surface area contributed by atoms with Crippen molar-refractivity contribution in [3.63, 3.8) is 0 Å². The van der Waals surface area contributed by atoms with Gasteiger partial charge in [-0.05, 0) is 55.0 Å². The zero-order valence-electron chi connectivity index (χ0n) is 18.9. The summed E-state index contributed by atoms with van der Waals surface area (Å²) in [6, 6.07) is 18.0. The number of pyridine rings is 1. The molecule has 4 rings (SSSR count). The summed E-state index contributed by atoms with van der Waals surface area (Å²) in [5.74, 6) is -1.24. The molecule has 0 saturated heterocycles. The van der Waals surface area contributed by atoms with Crippen LogP contribution >= 0.6 is 0 Å². The minimum Gasteiger partial charge on any atom is -0.502 e. The van der Waals surface area contributed by atoms with Gasteiger partial charge in [-0.3, -0.25) is 9.59 Å². The fourth-order valence-corrected chi connectivity index (χ4v) is 3.86. The first-order valence-electron chi connectivity index (χ1n) is 10.7. The van der Waals surface area contributed by atoms with E-state index in [1.165, 1.54) is 23.7 Å². The Labute approximate surface area is 198 Å². The Morgan fingerprint density at radius 1 is 0.971 bits per heavy atom. The molecule has 3 N–H and O–H groups in total. The highest BCUT2D eigenvalue weighted by Crippen LogP contribution is 2.31. The molecule has 0 fully saturated rings. The lowest BCUT2D eigenvalue weighted by molar-refractivity contribution is -0.137. The van der Waals surface area contributed by atoms with E-state index in [9.17, 15) is 27.9 Å². The lowest BCUT2D eigenvalue weighted by atomic mass is 10.0. The fourth-order valence-electron chi connectivity index (χ4n) is 3.86. The number of carbonyl (C=O) groups is 1. The van der Waals surface area contributed by atoms with Gasteiger partial charge in [0.05, 0.1) is 22.7 Å². The van der Waals surface area contributed by atoms with Gasteiger partial charge < -0.3 is 20.3 Å². The Hall–Kier alpha value is -4.27. The molecule has 1 amide bonds. The van der Waals surface area contributed by atoms with Crippen LogP contribution in [0.1, 0.15) is 34.5 Å². The van der Waals surface area contributed by atoms with Crippen molar-refractivity contribution in [2.75, 3.05) is 5.32 Å². The number of carbonyl (C=O) groups excluding carboxylic acids is 1. The van der Waals surface area contributed by atoms with Crippen LogP contribution in [-0.4, -0.2) is 15.6 Å². The number of rotatable bonds is 5. The lowest BCUT2D eigenvalue weighted by Crippen LogP contribution is -2.29. The maximum Gasteiger partial charge on any atom is 0.416 e. The number of aryl methyl sites for hydroxylation is 1. The molecule has 180 valence electrons. The van der Waals surface area contributed by atoms with Gasteiger partial charge in [0.15, 0.2) is 5.75 Å². The highest BCUT2D eigenvalue weighted by molar-refractivity contribution is 6.08. The number of anilines is 2. The first-order chi connectivity index (χ1) is 16.6. The van der Waals surface area contributed by atoms with Crippen LogP contribution in [0.15, 0.2) is 77.6 Å². The molecule has 0 aliphatic rings. The maximum absolute atomic E-state index is 13.1. The quantitative estimate of drug-likeness (QED) is 0.352. The van der Waals surface area contributed by atoms with Gasteiger partial charge in [-0.2, -0.15) is 13.2 Å². The van der Waals surface area contributed by atoms with Gasteiger partial charge in [-0.1, -0.05) is 30.3 Å². The van der Waals surface area contributed by atoms with Gasteiger partial charge in [0.1, 0.15) is 0 Å². The lowest BCUT2D eigenvalue weighted by Gasteiger charge is -2.18. The summed E-state index contributed by atoms with van der Waals surface area (Å²) in [6.45, 7) is 1.75. The summed E-state index contributed by atoms with van der Waals surface area (Å²) in [7, 11) is 1.52. The van der Waals surface area contributed by atoms with Gasteiger partial charge in [-0.25, -0.2) is 0 Å². The number of aromatic hydroxyl groups is 1. The Morgan fingerprint density at radius 3 is 2.34 bits per heavy atom. The average Bonchev–Trinajstić information content (AvgIpc) is 2.83. The Balaban J connectivity index is 1.56. The van der Waals surface area contributed by atoms with Crippen molar-refractivity contribution >= 4 is 28.2 Å². The predicted molar refractivity (Wildman–Crippen MR) is 128 cm³/mol. The normalized spacial score (nSPS) is 12.4. The maximum atomic E-state index is 13.1. The smallest absolute Gasteiger partial charge is 0.416 e. The number of hydrogen-bond donors (Lipinski definition) is 3. The molecule has 6 nitrogen and oxygen atoms in total. The van der Waals surface area contributed by atoms with Gasteiger partial charge in [0, 0.05) is 23.8 Å². The van der Waals surface area contributed by atoms with E-state index in [2.05, 4.69) is 10.6 Å². The second kappa shape index (κ2) is 9.17. The molecule has 0 radical (unpaired) electrons. The van der Waals surface area contributed by atoms with Crippen molar-refractivity contribution in [1.29, 1.82) is 0 Å². The molecule has 0 unspecified atom stereocenters. The Kier molecular flexibility index (Phi) is 6.26. The monoisotopic (exact) mass is 481 g/mol. The summed E-state index contributed by atoms with van der Waals surface area (Å²) in [5.41, 5.74) is 0.797. The summed E-state index contributed by atoms with van der Waals surface area (Å²) in [6.07, 6.45) is -4.41. The van der Waals surface area contributed by atoms with E-state index >= 15 is 0 Å². The second-order valence-corrected chi connectivity index (χ2v) is 8.13. The van der Waals surface area contributed by atoms with Crippen LogP contribution in [0.3, 0.4) is 0 Å². The number of amides is 1. The molecule has 9 heteroatoms. The van der Waals surface area contributed by atoms with Crippen LogP contribution in [0.5, 0.6) is 5.75 Å². The third kappa shape index (κ3) is 4.84. The summed E-state index contributed by atoms with van der Waals surface area (Å²) in [4.78, 5) is 25.5. The number of nitrogens with one attached hydrogen (secondary N) is 2. The minimum absolute atomic E-state index is 0.102. The molecule has 0 aliphatic heterocycles. The van der Waals surface area contributed by atoms with E-state index in [-0.39, 0.29) is 5.56 Å². The van der Waals surface area contributed by atoms with E-state index in [1.54, 1.807) is 55.5 Å². The largest absolute Gasteiger partial charge is 0.502 e. The second-order valence-electron chi connectivity index (χ2n) is 8.13. The van der Waals surface area contributed by atoms with Crippen molar-refractivity contribution in [2.45, 2.75) is 19.1 Å². The van der Waals surface area contributed by atoms with Crippen molar-refractivity contribution in [3.05, 3.63) is 99.8 Å². The van der Waals surface area contributed by atoms with E-state index in [4.69, 9.17) is 0 Å². The van der Waals surface area contributed by atoms with E-state index in [0.29, 0.717) is 27.8 Å². The summed E-state index contributed by atoms with van der Waals surface area (Å²) < 4.78 is 39.6. The third-order valence-electron chi connectivity index (χ3n) is 5.74. The number of halogens is 3. The van der Waals surface area contributed by atoms with E-state index in [1.807, 2.05) is 0 Å². The van der Waals surface area contributed by atoms with Gasteiger partial charge in [0.2, 0.25) is 0 Å². The molecule has 4 aromatic rings. The predicted octanol–water partition coefficient (Wildman–Crippen LogP) is 5.50. The SMILES string of the molecule is C[C@@H](NC(=O)c1c(O)c(=O)n(C)c2ccccc12)c1cccc(Nc2ccc(C(F)(F)F)cc2)c1. The number of aromatic nitrogens is 1. The zero-order valence-corrected chi connectivity index (χ0v) is 18.9. The van der Waals surface area contributed by atoms with Crippen LogP contribution < -0.4 is 16.2 Å². The Bertz CT molecular complexity index is 1460. The molecule has 0 bridgehead atoms. The molecule has 35 heavy (non-hydrogen) atoms. The van der Waals surface area contributed by atoms with Crippen molar-refractivity contribution < 1.29 is 23.1 Å². The zero-order chi connectivity index (χ0) is 25.3. The highest BCUT2D eigenvalue weighted by Gasteiger charge is 2.30. The highest BCUT2D eigenvalue weighted by atomic mass is 19.4. The van der Waals surface area contributed by atoms with E-state index < -0.39 is 35.0 Å². The van der Waals surface area contributed by atoms with Crippen molar-refractivity contribution in [1.82, 2.24) is 9.88 Å².